The largest absolute Gasteiger partial charge is 0.508 e. The SMILES string of the molecule is Cc1ccccc1N1C(=O)/C(=C/c2cccc(O)c2)c2ccccc2C1=O. The van der Waals surface area contributed by atoms with Gasteiger partial charge in [-0.2, -0.15) is 0 Å². The molecule has 0 spiro atoms. The van der Waals surface area contributed by atoms with Crippen molar-refractivity contribution in [2.75, 3.05) is 4.90 Å². The first-order valence-corrected chi connectivity index (χ1v) is 8.61. The number of fused-ring (bicyclic) bond motifs is 1. The maximum atomic E-state index is 13.3. The van der Waals surface area contributed by atoms with E-state index in [1.807, 2.05) is 25.1 Å². The van der Waals surface area contributed by atoms with E-state index in [2.05, 4.69) is 0 Å². The van der Waals surface area contributed by atoms with Gasteiger partial charge in [-0.15, -0.1) is 0 Å². The van der Waals surface area contributed by atoms with Crippen LogP contribution in [-0.2, 0) is 4.79 Å². The number of carbonyl (C=O) groups is 2. The summed E-state index contributed by atoms with van der Waals surface area (Å²) >= 11 is 0. The lowest BCUT2D eigenvalue weighted by molar-refractivity contribution is -0.112. The molecule has 1 heterocycles. The van der Waals surface area contributed by atoms with E-state index in [1.54, 1.807) is 60.7 Å². The summed E-state index contributed by atoms with van der Waals surface area (Å²) < 4.78 is 0. The average molecular weight is 355 g/mol. The highest BCUT2D eigenvalue weighted by Crippen LogP contribution is 2.34. The molecule has 0 saturated heterocycles. The summed E-state index contributed by atoms with van der Waals surface area (Å²) in [5.74, 6) is -0.595. The van der Waals surface area contributed by atoms with Gasteiger partial charge in [0.25, 0.3) is 11.8 Å². The van der Waals surface area contributed by atoms with Crippen LogP contribution in [-0.4, -0.2) is 16.9 Å². The van der Waals surface area contributed by atoms with E-state index >= 15 is 0 Å². The van der Waals surface area contributed by atoms with Gasteiger partial charge in [-0.05, 0) is 54.0 Å². The Kier molecular flexibility index (Phi) is 4.09. The van der Waals surface area contributed by atoms with Gasteiger partial charge in [-0.1, -0.05) is 48.5 Å². The monoisotopic (exact) mass is 355 g/mol. The molecule has 1 N–H and O–H groups in total. The molecule has 4 heteroatoms. The Balaban J connectivity index is 1.93. The van der Waals surface area contributed by atoms with Crippen molar-refractivity contribution in [3.8, 4) is 5.75 Å². The lowest BCUT2D eigenvalue weighted by atomic mass is 9.91. The van der Waals surface area contributed by atoms with Crippen molar-refractivity contribution >= 4 is 29.2 Å². The minimum absolute atomic E-state index is 0.118. The number of amides is 2. The van der Waals surface area contributed by atoms with Crippen LogP contribution in [0.3, 0.4) is 0 Å². The third-order valence-electron chi connectivity index (χ3n) is 4.62. The number of para-hydroxylation sites is 1. The molecule has 0 aliphatic carbocycles. The van der Waals surface area contributed by atoms with E-state index in [9.17, 15) is 14.7 Å². The number of aromatic hydroxyl groups is 1. The van der Waals surface area contributed by atoms with Gasteiger partial charge in [0, 0.05) is 11.1 Å². The minimum atomic E-state index is -0.378. The highest BCUT2D eigenvalue weighted by atomic mass is 16.3. The topological polar surface area (TPSA) is 57.6 Å². The number of hydrogen-bond acceptors (Lipinski definition) is 3. The molecule has 4 rings (SSSR count). The van der Waals surface area contributed by atoms with Crippen molar-refractivity contribution in [2.45, 2.75) is 6.92 Å². The third-order valence-corrected chi connectivity index (χ3v) is 4.62. The van der Waals surface area contributed by atoms with Crippen molar-refractivity contribution in [1.29, 1.82) is 0 Å². The van der Waals surface area contributed by atoms with Gasteiger partial charge in [-0.3, -0.25) is 9.59 Å². The maximum Gasteiger partial charge on any atom is 0.265 e. The fourth-order valence-electron chi connectivity index (χ4n) is 3.31. The average Bonchev–Trinajstić information content (AvgIpc) is 2.67. The highest BCUT2D eigenvalue weighted by molar-refractivity contribution is 6.43. The van der Waals surface area contributed by atoms with Crippen molar-refractivity contribution in [2.24, 2.45) is 0 Å². The number of phenolic OH excluding ortho intramolecular Hbond substituents is 1. The van der Waals surface area contributed by atoms with Crippen LogP contribution in [0.15, 0.2) is 72.8 Å². The van der Waals surface area contributed by atoms with Crippen LogP contribution in [0.1, 0.15) is 27.0 Å². The van der Waals surface area contributed by atoms with Gasteiger partial charge >= 0.3 is 0 Å². The number of aryl methyl sites for hydroxylation is 1. The quantitative estimate of drug-likeness (QED) is 0.546. The van der Waals surface area contributed by atoms with Gasteiger partial charge in [-0.25, -0.2) is 4.90 Å². The minimum Gasteiger partial charge on any atom is -0.508 e. The lowest BCUT2D eigenvalue weighted by Gasteiger charge is -2.29. The molecule has 1 aliphatic rings. The van der Waals surface area contributed by atoms with Crippen LogP contribution in [0.2, 0.25) is 0 Å². The molecule has 0 saturated carbocycles. The van der Waals surface area contributed by atoms with Crippen LogP contribution in [0.25, 0.3) is 11.6 Å². The van der Waals surface area contributed by atoms with Crippen molar-refractivity contribution in [3.05, 3.63) is 95.1 Å². The Morgan fingerprint density at radius 2 is 1.52 bits per heavy atom. The lowest BCUT2D eigenvalue weighted by Crippen LogP contribution is -2.42. The number of phenols is 1. The normalized spacial score (nSPS) is 15.1. The van der Waals surface area contributed by atoms with E-state index in [0.29, 0.717) is 28.0 Å². The van der Waals surface area contributed by atoms with Gasteiger partial charge in [0.05, 0.1) is 5.69 Å². The van der Waals surface area contributed by atoms with E-state index < -0.39 is 0 Å². The molecule has 132 valence electrons. The molecule has 3 aromatic rings. The summed E-state index contributed by atoms with van der Waals surface area (Å²) in [7, 11) is 0. The Morgan fingerprint density at radius 1 is 0.815 bits per heavy atom. The van der Waals surface area contributed by atoms with Crippen LogP contribution in [0.4, 0.5) is 5.69 Å². The van der Waals surface area contributed by atoms with Crippen molar-refractivity contribution in [1.82, 2.24) is 0 Å². The summed E-state index contributed by atoms with van der Waals surface area (Å²) in [5.41, 5.74) is 3.60. The molecule has 0 bridgehead atoms. The fraction of sp³-hybridized carbons (Fsp3) is 0.0435. The molecule has 1 aliphatic heterocycles. The number of benzene rings is 3. The first kappa shape index (κ1) is 16.8. The molecule has 0 unspecified atom stereocenters. The Bertz CT molecular complexity index is 1100. The first-order chi connectivity index (χ1) is 13.1. The van der Waals surface area contributed by atoms with Crippen molar-refractivity contribution < 1.29 is 14.7 Å². The number of anilines is 1. The summed E-state index contributed by atoms with van der Waals surface area (Å²) in [6, 6.07) is 21.1. The molecule has 4 nitrogen and oxygen atoms in total. The molecule has 0 atom stereocenters. The number of hydrogen-bond donors (Lipinski definition) is 1. The summed E-state index contributed by atoms with van der Waals surface area (Å²) in [5, 5.41) is 9.73. The molecular weight excluding hydrogens is 338 g/mol. The van der Waals surface area contributed by atoms with E-state index in [-0.39, 0.29) is 17.6 Å². The predicted molar refractivity (Wildman–Crippen MR) is 105 cm³/mol. The predicted octanol–water partition coefficient (Wildman–Crippen LogP) is 4.43. The second kappa shape index (κ2) is 6.57. The molecular formula is C23H17NO3. The number of imide groups is 1. The molecule has 2 amide bonds. The van der Waals surface area contributed by atoms with E-state index in [0.717, 1.165) is 5.56 Å². The smallest absolute Gasteiger partial charge is 0.265 e. The first-order valence-electron chi connectivity index (χ1n) is 8.61. The second-order valence-corrected chi connectivity index (χ2v) is 6.43. The van der Waals surface area contributed by atoms with Crippen LogP contribution in [0, 0.1) is 6.92 Å². The zero-order valence-corrected chi connectivity index (χ0v) is 14.7. The van der Waals surface area contributed by atoms with E-state index in [4.69, 9.17) is 0 Å². The number of rotatable bonds is 2. The van der Waals surface area contributed by atoms with Crippen LogP contribution < -0.4 is 4.90 Å². The zero-order valence-electron chi connectivity index (χ0n) is 14.7. The molecule has 27 heavy (non-hydrogen) atoms. The molecule has 3 aromatic carbocycles. The summed E-state index contributed by atoms with van der Waals surface area (Å²) in [6.45, 7) is 1.87. The summed E-state index contributed by atoms with van der Waals surface area (Å²) in [6.07, 6.45) is 1.71. The van der Waals surface area contributed by atoms with Gasteiger partial charge in [0.1, 0.15) is 5.75 Å². The fourth-order valence-corrected chi connectivity index (χ4v) is 3.31. The highest BCUT2D eigenvalue weighted by Gasteiger charge is 2.36. The zero-order chi connectivity index (χ0) is 19.0. The van der Waals surface area contributed by atoms with E-state index in [1.165, 1.54) is 4.90 Å². The van der Waals surface area contributed by atoms with Crippen LogP contribution in [0.5, 0.6) is 5.75 Å². The number of carbonyl (C=O) groups excluding carboxylic acids is 2. The molecule has 0 fully saturated rings. The third kappa shape index (κ3) is 2.91. The van der Waals surface area contributed by atoms with Gasteiger partial charge in [0.15, 0.2) is 0 Å². The second-order valence-electron chi connectivity index (χ2n) is 6.43. The Hall–Kier alpha value is -3.66. The molecule has 0 aromatic heterocycles. The van der Waals surface area contributed by atoms with Gasteiger partial charge < -0.3 is 5.11 Å². The standard InChI is InChI=1S/C23H17NO3/c1-15-7-2-5-12-21(15)24-22(26)19-11-4-3-10-18(19)20(23(24)27)14-16-8-6-9-17(25)13-16/h2-14,25H,1H3/b20-14+. The summed E-state index contributed by atoms with van der Waals surface area (Å²) in [4.78, 5) is 27.6. The van der Waals surface area contributed by atoms with Gasteiger partial charge in [0.2, 0.25) is 0 Å². The Morgan fingerprint density at radius 3 is 2.26 bits per heavy atom. The maximum absolute atomic E-state index is 13.3. The van der Waals surface area contributed by atoms with Crippen LogP contribution >= 0.6 is 0 Å². The molecule has 0 radical (unpaired) electrons. The Labute approximate surface area is 157 Å². The van der Waals surface area contributed by atoms with Crippen molar-refractivity contribution in [3.63, 3.8) is 0 Å². The number of nitrogens with zero attached hydrogens (tertiary/aromatic N) is 1.